The molecule has 0 amide bonds. The van der Waals surface area contributed by atoms with Gasteiger partial charge in [-0.05, 0) is 31.9 Å². The van der Waals surface area contributed by atoms with E-state index in [-0.39, 0.29) is 0 Å². The second kappa shape index (κ2) is 7.65. The van der Waals surface area contributed by atoms with E-state index in [1.807, 2.05) is 18.9 Å². The third kappa shape index (κ3) is 4.15. The molecule has 1 aliphatic rings. The quantitative estimate of drug-likeness (QED) is 0.756. The molecule has 1 rings (SSSR count). The Morgan fingerprint density at radius 1 is 1.24 bits per heavy atom. The molecule has 3 heteroatoms. The molecule has 2 atom stereocenters. The van der Waals surface area contributed by atoms with Gasteiger partial charge in [0.25, 0.3) is 0 Å². The van der Waals surface area contributed by atoms with Gasteiger partial charge in [-0.1, -0.05) is 26.7 Å². The molecule has 0 saturated heterocycles. The molecule has 0 aromatic carbocycles. The fraction of sp³-hybridized carbons (Fsp3) is 1.00. The van der Waals surface area contributed by atoms with Crippen LogP contribution in [0.4, 0.5) is 0 Å². The van der Waals surface area contributed by atoms with Crippen LogP contribution in [-0.2, 0) is 4.74 Å². The molecule has 0 bridgehead atoms. The van der Waals surface area contributed by atoms with Crippen molar-refractivity contribution in [1.29, 1.82) is 0 Å². The molecule has 0 heterocycles. The van der Waals surface area contributed by atoms with E-state index >= 15 is 0 Å². The first-order chi connectivity index (χ1) is 8.21. The lowest BCUT2D eigenvalue weighted by atomic mass is 9.91. The van der Waals surface area contributed by atoms with Gasteiger partial charge in [-0.2, -0.15) is 11.8 Å². The van der Waals surface area contributed by atoms with E-state index < -0.39 is 0 Å². The summed E-state index contributed by atoms with van der Waals surface area (Å²) in [6.07, 6.45) is 10.3. The van der Waals surface area contributed by atoms with Crippen LogP contribution in [0.2, 0.25) is 0 Å². The summed E-state index contributed by atoms with van der Waals surface area (Å²) < 4.78 is 6.01. The van der Waals surface area contributed by atoms with Crippen molar-refractivity contribution >= 4 is 11.8 Å². The smallest absolute Gasteiger partial charge is 0.0724 e. The van der Waals surface area contributed by atoms with Crippen LogP contribution < -0.4 is 5.32 Å². The molecule has 102 valence electrons. The lowest BCUT2D eigenvalue weighted by molar-refractivity contribution is 0.0410. The molecule has 0 spiro atoms. The van der Waals surface area contributed by atoms with Crippen molar-refractivity contribution in [3.8, 4) is 0 Å². The molecule has 0 radical (unpaired) electrons. The number of ether oxygens (including phenoxy) is 1. The van der Waals surface area contributed by atoms with Gasteiger partial charge in [0.2, 0.25) is 0 Å². The van der Waals surface area contributed by atoms with Crippen LogP contribution in [-0.4, -0.2) is 36.8 Å². The zero-order valence-corrected chi connectivity index (χ0v) is 12.7. The predicted octanol–water partition coefficient (Wildman–Crippen LogP) is 3.46. The Labute approximate surface area is 111 Å². The summed E-state index contributed by atoms with van der Waals surface area (Å²) in [6, 6.07) is 0.568. The maximum atomic E-state index is 5.60. The van der Waals surface area contributed by atoms with Gasteiger partial charge in [-0.15, -0.1) is 0 Å². The summed E-state index contributed by atoms with van der Waals surface area (Å²) in [6.45, 7) is 5.72. The number of rotatable bonds is 7. The summed E-state index contributed by atoms with van der Waals surface area (Å²) >= 11 is 2.01. The van der Waals surface area contributed by atoms with Gasteiger partial charge in [0, 0.05) is 24.4 Å². The summed E-state index contributed by atoms with van der Waals surface area (Å²) in [7, 11) is 1.85. The van der Waals surface area contributed by atoms with Crippen molar-refractivity contribution in [1.82, 2.24) is 5.32 Å². The number of hydrogen-bond acceptors (Lipinski definition) is 3. The highest BCUT2D eigenvalue weighted by Crippen LogP contribution is 2.30. The summed E-state index contributed by atoms with van der Waals surface area (Å²) in [5.41, 5.74) is 0. The molecule has 0 aliphatic heterocycles. The topological polar surface area (TPSA) is 21.3 Å². The second-order valence-corrected chi connectivity index (χ2v) is 6.41. The molecule has 17 heavy (non-hydrogen) atoms. The zero-order valence-electron chi connectivity index (χ0n) is 11.9. The number of hydrogen-bond donors (Lipinski definition) is 1. The lowest BCUT2D eigenvalue weighted by Crippen LogP contribution is -2.48. The fourth-order valence-electron chi connectivity index (χ4n) is 2.79. The van der Waals surface area contributed by atoms with Gasteiger partial charge < -0.3 is 10.1 Å². The molecule has 0 aromatic rings. The predicted molar refractivity (Wildman–Crippen MR) is 77.9 cm³/mol. The summed E-state index contributed by atoms with van der Waals surface area (Å²) in [5, 5.41) is 3.77. The van der Waals surface area contributed by atoms with E-state index in [4.69, 9.17) is 4.74 Å². The van der Waals surface area contributed by atoms with E-state index in [1.165, 1.54) is 38.5 Å². The monoisotopic (exact) mass is 259 g/mol. The van der Waals surface area contributed by atoms with Gasteiger partial charge in [-0.25, -0.2) is 0 Å². The van der Waals surface area contributed by atoms with Crippen molar-refractivity contribution in [2.75, 3.05) is 19.9 Å². The first-order valence-electron chi connectivity index (χ1n) is 7.02. The highest BCUT2D eigenvalue weighted by Gasteiger charge is 2.29. The zero-order chi connectivity index (χ0) is 12.7. The molecule has 2 nitrogen and oxygen atoms in total. The van der Waals surface area contributed by atoms with E-state index in [0.717, 1.165) is 6.54 Å². The molecule has 2 unspecified atom stereocenters. The summed E-state index contributed by atoms with van der Waals surface area (Å²) in [5.74, 6) is 0. The number of nitrogens with one attached hydrogen (secondary N) is 1. The highest BCUT2D eigenvalue weighted by atomic mass is 32.2. The molecule has 1 saturated carbocycles. The third-order valence-corrected chi connectivity index (χ3v) is 6.00. The number of methoxy groups -OCH3 is 1. The van der Waals surface area contributed by atoms with Crippen LogP contribution in [0, 0.1) is 0 Å². The first kappa shape index (κ1) is 15.3. The fourth-order valence-corrected chi connectivity index (χ4v) is 3.60. The average molecular weight is 259 g/mol. The molecule has 0 aromatic heterocycles. The minimum absolute atomic E-state index is 0.412. The van der Waals surface area contributed by atoms with Crippen LogP contribution in [0.15, 0.2) is 0 Å². The normalized spacial score (nSPS) is 26.1. The van der Waals surface area contributed by atoms with Crippen LogP contribution >= 0.6 is 11.8 Å². The Bertz CT molecular complexity index is 198. The van der Waals surface area contributed by atoms with E-state index in [0.29, 0.717) is 16.9 Å². The Kier molecular flexibility index (Phi) is 6.90. The Balaban J connectivity index is 2.46. The van der Waals surface area contributed by atoms with Crippen LogP contribution in [0.3, 0.4) is 0 Å². The van der Waals surface area contributed by atoms with Crippen molar-refractivity contribution in [3.05, 3.63) is 0 Å². The minimum atomic E-state index is 0.412. The largest absolute Gasteiger partial charge is 0.380 e. The van der Waals surface area contributed by atoms with Gasteiger partial charge in [0.15, 0.2) is 0 Å². The van der Waals surface area contributed by atoms with E-state index in [1.54, 1.807) is 0 Å². The van der Waals surface area contributed by atoms with E-state index in [9.17, 15) is 0 Å². The SMILES string of the molecule is CCC(CC)(CNC1CCCCC1OC)SC. The standard InChI is InChI=1S/C14H29NOS/c1-5-14(6-2,17-4)11-15-12-9-7-8-10-13(12)16-3/h12-13,15H,5-11H2,1-4H3. The molecule has 1 N–H and O–H groups in total. The Hall–Kier alpha value is 0.270. The Morgan fingerprint density at radius 3 is 2.41 bits per heavy atom. The second-order valence-electron chi connectivity index (χ2n) is 5.14. The van der Waals surface area contributed by atoms with Crippen molar-refractivity contribution in [2.24, 2.45) is 0 Å². The van der Waals surface area contributed by atoms with Crippen LogP contribution in [0.1, 0.15) is 52.4 Å². The molecular formula is C14H29NOS. The van der Waals surface area contributed by atoms with Crippen LogP contribution in [0.5, 0.6) is 0 Å². The van der Waals surface area contributed by atoms with Crippen molar-refractivity contribution in [3.63, 3.8) is 0 Å². The molecule has 1 fully saturated rings. The minimum Gasteiger partial charge on any atom is -0.380 e. The summed E-state index contributed by atoms with van der Waals surface area (Å²) in [4.78, 5) is 0. The first-order valence-corrected chi connectivity index (χ1v) is 8.25. The van der Waals surface area contributed by atoms with Crippen molar-refractivity contribution < 1.29 is 4.74 Å². The number of thioether (sulfide) groups is 1. The van der Waals surface area contributed by atoms with E-state index in [2.05, 4.69) is 25.4 Å². The van der Waals surface area contributed by atoms with Gasteiger partial charge in [0.1, 0.15) is 0 Å². The highest BCUT2D eigenvalue weighted by molar-refractivity contribution is 8.00. The van der Waals surface area contributed by atoms with Crippen LogP contribution in [0.25, 0.3) is 0 Å². The molecule has 1 aliphatic carbocycles. The van der Waals surface area contributed by atoms with Crippen molar-refractivity contribution in [2.45, 2.75) is 69.3 Å². The lowest BCUT2D eigenvalue weighted by Gasteiger charge is -2.36. The maximum absolute atomic E-state index is 5.60. The van der Waals surface area contributed by atoms with Gasteiger partial charge in [0.05, 0.1) is 6.10 Å². The molecular weight excluding hydrogens is 230 g/mol. The van der Waals surface area contributed by atoms with Gasteiger partial charge >= 0.3 is 0 Å². The maximum Gasteiger partial charge on any atom is 0.0724 e. The average Bonchev–Trinajstić information content (AvgIpc) is 2.41. The van der Waals surface area contributed by atoms with Gasteiger partial charge in [-0.3, -0.25) is 0 Å². The third-order valence-electron chi connectivity index (χ3n) is 4.41. The Morgan fingerprint density at radius 2 is 1.88 bits per heavy atom.